The van der Waals surface area contributed by atoms with E-state index in [1.807, 2.05) is 6.08 Å². The summed E-state index contributed by atoms with van der Waals surface area (Å²) < 4.78 is 0. The second-order valence-corrected chi connectivity index (χ2v) is 7.01. The van der Waals surface area contributed by atoms with E-state index in [0.717, 1.165) is 13.1 Å². The standard InChI is InChI=1S/C24H32N2/c1-7-19(5)24(21-12-10-9-11-13-21)26-17-16-25-23(22(26)8-2)20(6)15-14-18(3)4/h7-15,23,25H,1,16-17H2,2-6H3/b20-15+,22-8+,24-19+. The first-order valence-electron chi connectivity index (χ1n) is 9.37. The van der Waals surface area contributed by atoms with Crippen molar-refractivity contribution >= 4 is 5.70 Å². The molecule has 0 amide bonds. The van der Waals surface area contributed by atoms with Crippen LogP contribution in [0.4, 0.5) is 0 Å². The summed E-state index contributed by atoms with van der Waals surface area (Å²) in [5.41, 5.74) is 7.61. The normalized spacial score (nSPS) is 20.7. The van der Waals surface area contributed by atoms with Gasteiger partial charge in [0.25, 0.3) is 0 Å². The Bertz CT molecular complexity index is 744. The number of piperazine rings is 1. The van der Waals surface area contributed by atoms with Crippen molar-refractivity contribution in [3.05, 3.63) is 89.2 Å². The molecule has 0 spiro atoms. The van der Waals surface area contributed by atoms with Crippen LogP contribution in [0.25, 0.3) is 5.70 Å². The molecule has 1 atom stereocenters. The summed E-state index contributed by atoms with van der Waals surface area (Å²) in [5.74, 6) is 0. The number of nitrogens with zero attached hydrogens (tertiary/aromatic N) is 1. The lowest BCUT2D eigenvalue weighted by atomic mass is 9.97. The largest absolute Gasteiger partial charge is 0.342 e. The molecular weight excluding hydrogens is 316 g/mol. The van der Waals surface area contributed by atoms with Gasteiger partial charge in [-0.05, 0) is 45.8 Å². The molecule has 138 valence electrons. The zero-order chi connectivity index (χ0) is 19.1. The average molecular weight is 349 g/mol. The van der Waals surface area contributed by atoms with Gasteiger partial charge < -0.3 is 10.2 Å². The second-order valence-electron chi connectivity index (χ2n) is 7.01. The molecule has 2 nitrogen and oxygen atoms in total. The molecule has 2 heteroatoms. The second kappa shape index (κ2) is 9.40. The van der Waals surface area contributed by atoms with Crippen LogP contribution in [0.15, 0.2) is 83.6 Å². The quantitative estimate of drug-likeness (QED) is 0.687. The minimum Gasteiger partial charge on any atom is -0.342 e. The molecule has 2 rings (SSSR count). The molecular formula is C24H32N2. The SMILES string of the molecule is C=C/C(C)=C(\c1ccccc1)N1CCNC(/C(C)=C/C=C(C)C)/C1=C\C. The molecule has 1 aliphatic heterocycles. The van der Waals surface area contributed by atoms with E-state index in [1.165, 1.54) is 33.7 Å². The topological polar surface area (TPSA) is 15.3 Å². The van der Waals surface area contributed by atoms with Gasteiger partial charge in [-0.25, -0.2) is 0 Å². The first-order chi connectivity index (χ1) is 12.5. The highest BCUT2D eigenvalue weighted by Gasteiger charge is 2.28. The number of nitrogens with one attached hydrogen (secondary N) is 1. The first-order valence-corrected chi connectivity index (χ1v) is 9.37. The van der Waals surface area contributed by atoms with E-state index in [4.69, 9.17) is 0 Å². The zero-order valence-corrected chi connectivity index (χ0v) is 16.8. The maximum atomic E-state index is 4.02. The Kier molecular flexibility index (Phi) is 7.23. The lowest BCUT2D eigenvalue weighted by Gasteiger charge is -2.40. The van der Waals surface area contributed by atoms with Gasteiger partial charge in [0.15, 0.2) is 0 Å². The van der Waals surface area contributed by atoms with Crippen molar-refractivity contribution in [2.75, 3.05) is 13.1 Å². The van der Waals surface area contributed by atoms with Crippen LogP contribution in [0.1, 0.15) is 40.2 Å². The van der Waals surface area contributed by atoms with Gasteiger partial charge in [-0.1, -0.05) is 72.4 Å². The lowest BCUT2D eigenvalue weighted by Crippen LogP contribution is -2.48. The summed E-state index contributed by atoms with van der Waals surface area (Å²) in [7, 11) is 0. The predicted molar refractivity (Wildman–Crippen MR) is 115 cm³/mol. The Hall–Kier alpha value is -2.32. The molecule has 1 aromatic rings. The van der Waals surface area contributed by atoms with Crippen LogP contribution < -0.4 is 5.32 Å². The zero-order valence-electron chi connectivity index (χ0n) is 16.8. The highest BCUT2D eigenvalue weighted by atomic mass is 15.2. The first kappa shape index (κ1) is 20.0. The van der Waals surface area contributed by atoms with E-state index in [-0.39, 0.29) is 6.04 Å². The van der Waals surface area contributed by atoms with Crippen molar-refractivity contribution in [2.24, 2.45) is 0 Å². The van der Waals surface area contributed by atoms with Crippen molar-refractivity contribution < 1.29 is 0 Å². The van der Waals surface area contributed by atoms with E-state index < -0.39 is 0 Å². The third-order valence-corrected chi connectivity index (χ3v) is 4.72. The molecule has 0 saturated carbocycles. The molecule has 0 radical (unpaired) electrons. The Morgan fingerprint density at radius 2 is 1.81 bits per heavy atom. The molecule has 26 heavy (non-hydrogen) atoms. The van der Waals surface area contributed by atoms with Gasteiger partial charge in [-0.15, -0.1) is 0 Å². The highest BCUT2D eigenvalue weighted by molar-refractivity contribution is 5.71. The van der Waals surface area contributed by atoms with E-state index in [9.17, 15) is 0 Å². The van der Waals surface area contributed by atoms with Crippen molar-refractivity contribution in [3.8, 4) is 0 Å². The summed E-state index contributed by atoms with van der Waals surface area (Å²) in [5, 5.41) is 3.68. The van der Waals surface area contributed by atoms with Crippen LogP contribution in [0.2, 0.25) is 0 Å². The summed E-state index contributed by atoms with van der Waals surface area (Å²) >= 11 is 0. The van der Waals surface area contributed by atoms with Gasteiger partial charge in [0.05, 0.1) is 11.7 Å². The summed E-state index contributed by atoms with van der Waals surface area (Å²) in [6.45, 7) is 16.6. The fraction of sp³-hybridized carbons (Fsp3) is 0.333. The van der Waals surface area contributed by atoms with Crippen molar-refractivity contribution in [2.45, 2.75) is 40.7 Å². The smallest absolute Gasteiger partial charge is 0.0688 e. The molecule has 1 saturated heterocycles. The van der Waals surface area contributed by atoms with Gasteiger partial charge in [0.2, 0.25) is 0 Å². The van der Waals surface area contributed by atoms with E-state index >= 15 is 0 Å². The Morgan fingerprint density at radius 1 is 1.12 bits per heavy atom. The Morgan fingerprint density at radius 3 is 2.38 bits per heavy atom. The maximum Gasteiger partial charge on any atom is 0.0688 e. The minimum atomic E-state index is 0.223. The molecule has 1 fully saturated rings. The van der Waals surface area contributed by atoms with E-state index in [2.05, 4.69) is 100.0 Å². The van der Waals surface area contributed by atoms with Gasteiger partial charge >= 0.3 is 0 Å². The van der Waals surface area contributed by atoms with Crippen molar-refractivity contribution in [1.29, 1.82) is 0 Å². The Balaban J connectivity index is 2.48. The molecule has 0 aliphatic carbocycles. The lowest BCUT2D eigenvalue weighted by molar-refractivity contribution is 0.367. The van der Waals surface area contributed by atoms with Gasteiger partial charge in [-0.2, -0.15) is 0 Å². The molecule has 0 aromatic heterocycles. The molecule has 0 bridgehead atoms. The van der Waals surface area contributed by atoms with Crippen LogP contribution >= 0.6 is 0 Å². The van der Waals surface area contributed by atoms with E-state index in [0.29, 0.717) is 0 Å². The number of rotatable bonds is 5. The highest BCUT2D eigenvalue weighted by Crippen LogP contribution is 2.31. The van der Waals surface area contributed by atoms with E-state index in [1.54, 1.807) is 0 Å². The molecule has 1 unspecified atom stereocenters. The van der Waals surface area contributed by atoms with Crippen molar-refractivity contribution in [3.63, 3.8) is 0 Å². The van der Waals surface area contributed by atoms with Gasteiger partial charge in [0.1, 0.15) is 0 Å². The molecule has 1 aromatic carbocycles. The van der Waals surface area contributed by atoms with Crippen LogP contribution in [0.5, 0.6) is 0 Å². The minimum absolute atomic E-state index is 0.223. The fourth-order valence-electron chi connectivity index (χ4n) is 3.35. The van der Waals surface area contributed by atoms with Crippen molar-refractivity contribution in [1.82, 2.24) is 10.2 Å². The summed E-state index contributed by atoms with van der Waals surface area (Å²) in [6.07, 6.45) is 8.60. The maximum absolute atomic E-state index is 4.02. The molecule has 1 heterocycles. The predicted octanol–water partition coefficient (Wildman–Crippen LogP) is 5.69. The van der Waals surface area contributed by atoms with Crippen LogP contribution in [-0.2, 0) is 0 Å². The molecule has 1 aliphatic rings. The fourth-order valence-corrected chi connectivity index (χ4v) is 3.35. The number of hydrogen-bond acceptors (Lipinski definition) is 2. The van der Waals surface area contributed by atoms with Crippen LogP contribution in [0.3, 0.4) is 0 Å². The monoisotopic (exact) mass is 348 g/mol. The third kappa shape index (κ3) is 4.64. The van der Waals surface area contributed by atoms with Gasteiger partial charge in [-0.3, -0.25) is 0 Å². The number of hydrogen-bond donors (Lipinski definition) is 1. The number of benzene rings is 1. The van der Waals surface area contributed by atoms with Crippen LogP contribution in [-0.4, -0.2) is 24.0 Å². The van der Waals surface area contributed by atoms with Crippen LogP contribution in [0, 0.1) is 0 Å². The van der Waals surface area contributed by atoms with Gasteiger partial charge in [0, 0.05) is 18.8 Å². The molecule has 1 N–H and O–H groups in total. The Labute approximate surface area is 159 Å². The summed E-state index contributed by atoms with van der Waals surface area (Å²) in [4.78, 5) is 2.45. The average Bonchev–Trinajstić information content (AvgIpc) is 2.66. The third-order valence-electron chi connectivity index (χ3n) is 4.72. The number of allylic oxidation sites excluding steroid dienone is 6. The summed E-state index contributed by atoms with van der Waals surface area (Å²) in [6, 6.07) is 10.8.